The summed E-state index contributed by atoms with van der Waals surface area (Å²) in [6, 6.07) is 7.18. The molecule has 60 valence electrons. The second kappa shape index (κ2) is 2.55. The minimum absolute atomic E-state index is 0.0133. The van der Waals surface area contributed by atoms with Crippen LogP contribution in [0.4, 0.5) is 4.39 Å². The van der Waals surface area contributed by atoms with Gasteiger partial charge in [-0.2, -0.15) is 0 Å². The van der Waals surface area contributed by atoms with Crippen molar-refractivity contribution in [3.63, 3.8) is 0 Å². The maximum absolute atomic E-state index is 12.9. The van der Waals surface area contributed by atoms with E-state index in [1.54, 1.807) is 12.1 Å². The molecule has 0 amide bonds. The highest BCUT2D eigenvalue weighted by atomic mass is 19.1. The van der Waals surface area contributed by atoms with Crippen molar-refractivity contribution in [3.05, 3.63) is 41.8 Å². The molecule has 12 heavy (non-hydrogen) atoms. The van der Waals surface area contributed by atoms with Crippen LogP contribution in [0.2, 0.25) is 0 Å². The SMILES string of the molecule is [2H]C([2H])([2H])c1ccc2ccc(F)cc2n1. The highest BCUT2D eigenvalue weighted by Crippen LogP contribution is 2.13. The first-order valence-electron chi connectivity index (χ1n) is 5.03. The summed E-state index contributed by atoms with van der Waals surface area (Å²) < 4.78 is 34.4. The Balaban J connectivity index is 2.64. The molecule has 1 aromatic carbocycles. The van der Waals surface area contributed by atoms with E-state index in [0.29, 0.717) is 5.52 Å². The Hall–Kier alpha value is -1.44. The molecular formula is C10H8FN. The van der Waals surface area contributed by atoms with Crippen LogP contribution in [0.1, 0.15) is 9.81 Å². The summed E-state index contributed by atoms with van der Waals surface area (Å²) in [5.74, 6) is -0.419. The maximum atomic E-state index is 12.9. The highest BCUT2D eigenvalue weighted by molar-refractivity contribution is 5.78. The van der Waals surface area contributed by atoms with E-state index in [1.807, 2.05) is 0 Å². The van der Waals surface area contributed by atoms with Crippen LogP contribution in [0, 0.1) is 12.7 Å². The van der Waals surface area contributed by atoms with Gasteiger partial charge in [0.1, 0.15) is 5.82 Å². The quantitative estimate of drug-likeness (QED) is 0.583. The third-order valence-electron chi connectivity index (χ3n) is 1.65. The first kappa shape index (κ1) is 4.55. The van der Waals surface area contributed by atoms with Crippen molar-refractivity contribution in [1.82, 2.24) is 4.98 Å². The number of aryl methyl sites for hydroxylation is 1. The summed E-state index contributed by atoms with van der Waals surface area (Å²) in [4.78, 5) is 3.90. The highest BCUT2D eigenvalue weighted by Gasteiger charge is 1.96. The van der Waals surface area contributed by atoms with Crippen LogP contribution in [-0.2, 0) is 0 Å². The molecule has 0 bridgehead atoms. The Morgan fingerprint density at radius 3 is 3.00 bits per heavy atom. The molecule has 2 aromatic rings. The second-order valence-electron chi connectivity index (χ2n) is 2.53. The smallest absolute Gasteiger partial charge is 0.125 e. The van der Waals surface area contributed by atoms with Gasteiger partial charge in [-0.3, -0.25) is 4.98 Å². The standard InChI is InChI=1S/C10H8FN/c1-7-2-3-8-4-5-9(11)6-10(8)12-7/h2-6H,1H3/i1D3. The van der Waals surface area contributed by atoms with Crippen LogP contribution in [0.5, 0.6) is 0 Å². The number of aromatic nitrogens is 1. The van der Waals surface area contributed by atoms with Gasteiger partial charge in [-0.05, 0) is 25.1 Å². The third kappa shape index (κ3) is 1.16. The summed E-state index contributed by atoms with van der Waals surface area (Å²) in [6.07, 6.45) is 0. The molecule has 2 heteroatoms. The van der Waals surface area contributed by atoms with E-state index in [2.05, 4.69) is 4.98 Å². The summed E-state index contributed by atoms with van der Waals surface area (Å²) in [5.41, 5.74) is 0.351. The number of fused-ring (bicyclic) bond motifs is 1. The number of halogens is 1. The number of hydrogen-bond acceptors (Lipinski definition) is 1. The Bertz CT molecular complexity index is 507. The molecule has 2 rings (SSSR count). The first-order chi connectivity index (χ1) is 6.97. The van der Waals surface area contributed by atoms with Crippen molar-refractivity contribution in [1.29, 1.82) is 0 Å². The van der Waals surface area contributed by atoms with Crippen LogP contribution in [0.15, 0.2) is 30.3 Å². The van der Waals surface area contributed by atoms with E-state index >= 15 is 0 Å². The lowest BCUT2D eigenvalue weighted by Gasteiger charge is -1.97. The number of pyridine rings is 1. The molecule has 0 N–H and O–H groups in total. The van der Waals surface area contributed by atoms with E-state index < -0.39 is 12.7 Å². The van der Waals surface area contributed by atoms with E-state index in [9.17, 15) is 4.39 Å². The molecule has 0 radical (unpaired) electrons. The molecule has 0 aliphatic carbocycles. The molecule has 0 saturated heterocycles. The zero-order chi connectivity index (χ0) is 11.1. The molecule has 0 spiro atoms. The summed E-state index contributed by atoms with van der Waals surface area (Å²) >= 11 is 0. The Kier molecular flexibility index (Phi) is 0.969. The van der Waals surface area contributed by atoms with Crippen molar-refractivity contribution in [2.24, 2.45) is 0 Å². The van der Waals surface area contributed by atoms with Gasteiger partial charge in [0.2, 0.25) is 0 Å². The van der Waals surface area contributed by atoms with E-state index in [0.717, 1.165) is 5.39 Å². The largest absolute Gasteiger partial charge is 0.253 e. The van der Waals surface area contributed by atoms with Crippen molar-refractivity contribution in [2.75, 3.05) is 0 Å². The molecule has 0 fully saturated rings. The van der Waals surface area contributed by atoms with Gasteiger partial charge in [0.25, 0.3) is 0 Å². The lowest BCUT2D eigenvalue weighted by Crippen LogP contribution is -1.83. The van der Waals surface area contributed by atoms with Crippen molar-refractivity contribution in [2.45, 2.75) is 6.85 Å². The molecule has 0 aliphatic heterocycles. The predicted octanol–water partition coefficient (Wildman–Crippen LogP) is 2.68. The summed E-state index contributed by atoms with van der Waals surface area (Å²) in [6.45, 7) is -2.25. The number of rotatable bonds is 0. The minimum Gasteiger partial charge on any atom is -0.253 e. The van der Waals surface area contributed by atoms with Crippen LogP contribution in [0.25, 0.3) is 10.9 Å². The minimum atomic E-state index is -2.25. The van der Waals surface area contributed by atoms with Gasteiger partial charge >= 0.3 is 0 Å². The lowest BCUT2D eigenvalue weighted by molar-refractivity contribution is 0.629. The molecule has 0 atom stereocenters. The fourth-order valence-electron chi connectivity index (χ4n) is 1.09. The first-order valence-corrected chi connectivity index (χ1v) is 3.53. The van der Waals surface area contributed by atoms with E-state index in [4.69, 9.17) is 4.11 Å². The lowest BCUT2D eigenvalue weighted by atomic mass is 10.2. The average molecular weight is 164 g/mol. The summed E-state index contributed by atoms with van der Waals surface area (Å²) in [5, 5.41) is 0.726. The zero-order valence-electron chi connectivity index (χ0n) is 9.21. The van der Waals surface area contributed by atoms with Crippen LogP contribution < -0.4 is 0 Å². The van der Waals surface area contributed by atoms with Gasteiger partial charge in [-0.1, -0.05) is 6.07 Å². The van der Waals surface area contributed by atoms with Gasteiger partial charge in [0.05, 0.1) is 5.52 Å². The zero-order valence-corrected chi connectivity index (χ0v) is 6.21. The fraction of sp³-hybridized carbons (Fsp3) is 0.100. The van der Waals surface area contributed by atoms with Gasteiger partial charge in [0.15, 0.2) is 0 Å². The van der Waals surface area contributed by atoms with Crippen molar-refractivity contribution >= 4 is 10.9 Å². The van der Waals surface area contributed by atoms with Gasteiger partial charge < -0.3 is 0 Å². The molecule has 0 aliphatic rings. The number of nitrogens with zero attached hydrogens (tertiary/aromatic N) is 1. The molecule has 1 aromatic heterocycles. The molecule has 0 unspecified atom stereocenters. The molecular weight excluding hydrogens is 153 g/mol. The van der Waals surface area contributed by atoms with Gasteiger partial charge in [-0.25, -0.2) is 4.39 Å². The van der Waals surface area contributed by atoms with Gasteiger partial charge in [0, 0.05) is 21.3 Å². The number of benzene rings is 1. The molecule has 1 nitrogen and oxygen atoms in total. The van der Waals surface area contributed by atoms with Crippen LogP contribution in [-0.4, -0.2) is 4.98 Å². The van der Waals surface area contributed by atoms with E-state index in [-0.39, 0.29) is 5.69 Å². The topological polar surface area (TPSA) is 12.9 Å². The average Bonchev–Trinajstić information content (AvgIpc) is 2.15. The molecule has 0 saturated carbocycles. The van der Waals surface area contributed by atoms with Gasteiger partial charge in [-0.15, -0.1) is 0 Å². The second-order valence-corrected chi connectivity index (χ2v) is 2.53. The van der Waals surface area contributed by atoms with Crippen molar-refractivity contribution < 1.29 is 8.50 Å². The molecule has 1 heterocycles. The maximum Gasteiger partial charge on any atom is 0.125 e. The van der Waals surface area contributed by atoms with Crippen molar-refractivity contribution in [3.8, 4) is 0 Å². The number of hydrogen-bond donors (Lipinski definition) is 0. The third-order valence-corrected chi connectivity index (χ3v) is 1.65. The van der Waals surface area contributed by atoms with E-state index in [1.165, 1.54) is 18.2 Å². The fourth-order valence-corrected chi connectivity index (χ4v) is 1.09. The predicted molar refractivity (Wildman–Crippen MR) is 46.4 cm³/mol. The monoisotopic (exact) mass is 164 g/mol. The Morgan fingerprint density at radius 2 is 2.17 bits per heavy atom. The van der Waals surface area contributed by atoms with Crippen LogP contribution >= 0.6 is 0 Å². The Labute approximate surface area is 74.1 Å². The Morgan fingerprint density at radius 1 is 1.33 bits per heavy atom. The summed E-state index contributed by atoms with van der Waals surface area (Å²) in [7, 11) is 0. The normalized spacial score (nSPS) is 15.2. The van der Waals surface area contributed by atoms with Crippen LogP contribution in [0.3, 0.4) is 0 Å².